The van der Waals surface area contributed by atoms with Crippen LogP contribution in [0.1, 0.15) is 0 Å². The fourth-order valence-corrected chi connectivity index (χ4v) is 3.68. The Bertz CT molecular complexity index is 1030. The van der Waals surface area contributed by atoms with Gasteiger partial charge in [-0.2, -0.15) is 0 Å². The molecule has 0 fully saturated rings. The number of hydrogen-bond donors (Lipinski definition) is 0. The highest BCUT2D eigenvalue weighted by atomic mass is 35.7. The van der Waals surface area contributed by atoms with Crippen LogP contribution in [0.3, 0.4) is 0 Å². The van der Waals surface area contributed by atoms with E-state index in [1.165, 1.54) is 7.11 Å². The van der Waals surface area contributed by atoms with Crippen LogP contribution in [-0.4, -0.2) is 15.5 Å². The zero-order valence-corrected chi connectivity index (χ0v) is 14.3. The van der Waals surface area contributed by atoms with Crippen LogP contribution in [0.5, 0.6) is 5.75 Å². The minimum absolute atomic E-state index is 0.0547. The van der Waals surface area contributed by atoms with E-state index in [9.17, 15) is 8.42 Å². The summed E-state index contributed by atoms with van der Waals surface area (Å²) in [6.07, 6.45) is 0. The van der Waals surface area contributed by atoms with Crippen molar-refractivity contribution in [2.75, 3.05) is 7.11 Å². The van der Waals surface area contributed by atoms with Gasteiger partial charge in [-0.25, -0.2) is 8.42 Å². The molecule has 0 N–H and O–H groups in total. The maximum absolute atomic E-state index is 12.0. The predicted octanol–water partition coefficient (Wildman–Crippen LogP) is 5.19. The summed E-state index contributed by atoms with van der Waals surface area (Å²) in [5, 5.41) is 9.45. The number of methoxy groups -OCH3 is 1. The molecule has 0 aromatic heterocycles. The first kappa shape index (κ1) is 16.4. The lowest BCUT2D eigenvalue weighted by atomic mass is 10.1. The Kier molecular flexibility index (Phi) is 4.51. The van der Waals surface area contributed by atoms with E-state index in [1.807, 2.05) is 18.2 Å². The Morgan fingerprint density at radius 3 is 2.29 bits per heavy atom. The summed E-state index contributed by atoms with van der Waals surface area (Å²) in [7, 11) is 3.16. The van der Waals surface area contributed by atoms with Gasteiger partial charge in [-0.1, -0.05) is 42.5 Å². The lowest BCUT2D eigenvalue weighted by Crippen LogP contribution is -1.93. The van der Waals surface area contributed by atoms with Gasteiger partial charge in [-0.15, -0.1) is 10.2 Å². The van der Waals surface area contributed by atoms with Gasteiger partial charge < -0.3 is 4.74 Å². The average molecular weight is 361 g/mol. The smallest absolute Gasteiger partial charge is 0.264 e. The van der Waals surface area contributed by atoms with Gasteiger partial charge in [0.05, 0.1) is 7.11 Å². The lowest BCUT2D eigenvalue weighted by Gasteiger charge is -2.07. The molecule has 122 valence electrons. The van der Waals surface area contributed by atoms with E-state index in [1.54, 1.807) is 42.5 Å². The summed E-state index contributed by atoms with van der Waals surface area (Å²) in [4.78, 5) is -0.0547. The summed E-state index contributed by atoms with van der Waals surface area (Å²) in [6, 6.07) is 17.5. The van der Waals surface area contributed by atoms with Crippen LogP contribution in [0.25, 0.3) is 10.8 Å². The highest BCUT2D eigenvalue weighted by Crippen LogP contribution is 2.36. The van der Waals surface area contributed by atoms with E-state index >= 15 is 0 Å². The van der Waals surface area contributed by atoms with E-state index in [-0.39, 0.29) is 10.6 Å². The van der Waals surface area contributed by atoms with Gasteiger partial charge in [0.2, 0.25) is 0 Å². The molecule has 0 aliphatic heterocycles. The Morgan fingerprint density at radius 2 is 1.54 bits per heavy atom. The molecule has 5 nitrogen and oxygen atoms in total. The molecule has 3 aromatic rings. The molecule has 0 aliphatic rings. The molecule has 7 heteroatoms. The SMILES string of the molecule is COc1ccccc1N=Nc1ccc2ccccc2c1S(=O)(=O)Cl. The summed E-state index contributed by atoms with van der Waals surface area (Å²) in [5.41, 5.74) is 0.667. The number of rotatable bonds is 4. The number of fused-ring (bicyclic) bond motifs is 1. The van der Waals surface area contributed by atoms with E-state index in [0.717, 1.165) is 5.39 Å². The molecule has 0 saturated heterocycles. The van der Waals surface area contributed by atoms with Gasteiger partial charge in [0.1, 0.15) is 22.0 Å². The summed E-state index contributed by atoms with van der Waals surface area (Å²) in [5.74, 6) is 0.539. The van der Waals surface area contributed by atoms with Gasteiger partial charge in [0.25, 0.3) is 9.05 Å². The van der Waals surface area contributed by atoms with E-state index < -0.39 is 9.05 Å². The minimum Gasteiger partial charge on any atom is -0.494 e. The van der Waals surface area contributed by atoms with E-state index in [2.05, 4.69) is 10.2 Å². The molecule has 0 atom stereocenters. The zero-order chi connectivity index (χ0) is 17.2. The number of benzene rings is 3. The van der Waals surface area contributed by atoms with Gasteiger partial charge >= 0.3 is 0 Å². The van der Waals surface area contributed by atoms with Crippen molar-refractivity contribution in [2.45, 2.75) is 4.90 Å². The number of azo groups is 1. The van der Waals surface area contributed by atoms with E-state index in [0.29, 0.717) is 16.8 Å². The van der Waals surface area contributed by atoms with Gasteiger partial charge in [0.15, 0.2) is 0 Å². The molecule has 0 amide bonds. The lowest BCUT2D eigenvalue weighted by molar-refractivity contribution is 0.416. The van der Waals surface area contributed by atoms with Crippen LogP contribution >= 0.6 is 10.7 Å². The first-order valence-corrected chi connectivity index (χ1v) is 9.33. The van der Waals surface area contributed by atoms with Crippen molar-refractivity contribution in [1.29, 1.82) is 0 Å². The van der Waals surface area contributed by atoms with Crippen molar-refractivity contribution in [3.8, 4) is 5.75 Å². The van der Waals surface area contributed by atoms with Crippen molar-refractivity contribution in [2.24, 2.45) is 10.2 Å². The van der Waals surface area contributed by atoms with Crippen LogP contribution in [0.2, 0.25) is 0 Å². The van der Waals surface area contributed by atoms with Gasteiger partial charge in [-0.3, -0.25) is 0 Å². The third-order valence-electron chi connectivity index (χ3n) is 3.45. The second kappa shape index (κ2) is 6.59. The molecule has 0 bridgehead atoms. The minimum atomic E-state index is -3.99. The second-order valence-corrected chi connectivity index (χ2v) is 7.45. The molecule has 3 aromatic carbocycles. The molecular weight excluding hydrogens is 348 g/mol. The molecular formula is C17H13ClN2O3S. The fraction of sp³-hybridized carbons (Fsp3) is 0.0588. The van der Waals surface area contributed by atoms with Crippen LogP contribution in [0.4, 0.5) is 11.4 Å². The monoisotopic (exact) mass is 360 g/mol. The number of hydrogen-bond acceptors (Lipinski definition) is 5. The first-order chi connectivity index (χ1) is 11.5. The highest BCUT2D eigenvalue weighted by molar-refractivity contribution is 8.14. The molecule has 0 heterocycles. The van der Waals surface area contributed by atoms with Crippen molar-refractivity contribution < 1.29 is 13.2 Å². The first-order valence-electron chi connectivity index (χ1n) is 7.02. The topological polar surface area (TPSA) is 68.1 Å². The largest absolute Gasteiger partial charge is 0.494 e. The summed E-state index contributed by atoms with van der Waals surface area (Å²) in [6.45, 7) is 0. The quantitative estimate of drug-likeness (QED) is 0.474. The van der Waals surface area contributed by atoms with Gasteiger partial charge in [0, 0.05) is 16.1 Å². The van der Waals surface area contributed by atoms with Crippen LogP contribution in [-0.2, 0) is 9.05 Å². The second-order valence-electron chi connectivity index (χ2n) is 4.94. The molecule has 0 unspecified atom stereocenters. The molecule has 0 aliphatic carbocycles. The maximum Gasteiger partial charge on any atom is 0.264 e. The predicted molar refractivity (Wildman–Crippen MR) is 94.2 cm³/mol. The number of para-hydroxylation sites is 1. The molecule has 24 heavy (non-hydrogen) atoms. The van der Waals surface area contributed by atoms with Crippen molar-refractivity contribution >= 4 is 41.9 Å². The average Bonchev–Trinajstić information content (AvgIpc) is 2.58. The zero-order valence-electron chi connectivity index (χ0n) is 12.7. The van der Waals surface area contributed by atoms with Crippen LogP contribution in [0.15, 0.2) is 75.8 Å². The summed E-state index contributed by atoms with van der Waals surface area (Å²) < 4.78 is 29.3. The fourth-order valence-electron chi connectivity index (χ4n) is 2.39. The van der Waals surface area contributed by atoms with E-state index in [4.69, 9.17) is 15.4 Å². The van der Waals surface area contributed by atoms with Crippen molar-refractivity contribution in [1.82, 2.24) is 0 Å². The number of nitrogens with zero attached hydrogens (tertiary/aromatic N) is 2. The molecule has 3 rings (SSSR count). The normalized spacial score (nSPS) is 11.9. The standard InChI is InChI=1S/C17H13ClN2O3S/c1-23-16-9-5-4-8-14(16)19-20-15-11-10-12-6-2-3-7-13(12)17(15)24(18,21)22/h2-11H,1H3. The highest BCUT2D eigenvalue weighted by Gasteiger charge is 2.19. The maximum atomic E-state index is 12.0. The van der Waals surface area contributed by atoms with Crippen LogP contribution in [0, 0.1) is 0 Å². The summed E-state index contributed by atoms with van der Waals surface area (Å²) >= 11 is 0. The van der Waals surface area contributed by atoms with Crippen molar-refractivity contribution in [3.63, 3.8) is 0 Å². The van der Waals surface area contributed by atoms with Crippen LogP contribution < -0.4 is 4.74 Å². The third kappa shape index (κ3) is 3.25. The molecule has 0 spiro atoms. The number of ether oxygens (including phenoxy) is 1. The number of halogens is 1. The Balaban J connectivity index is 2.18. The van der Waals surface area contributed by atoms with Crippen molar-refractivity contribution in [3.05, 3.63) is 60.7 Å². The Hall–Kier alpha value is -2.44. The third-order valence-corrected chi connectivity index (χ3v) is 4.83. The molecule has 0 saturated carbocycles. The Morgan fingerprint density at radius 1 is 0.875 bits per heavy atom. The Labute approximate surface area is 144 Å². The van der Waals surface area contributed by atoms with Gasteiger partial charge in [-0.05, 0) is 23.6 Å². The molecule has 0 radical (unpaired) electrons.